The van der Waals surface area contributed by atoms with Crippen LogP contribution in [0.3, 0.4) is 0 Å². The van der Waals surface area contributed by atoms with E-state index in [4.69, 9.17) is 0 Å². The average Bonchev–Trinajstić information content (AvgIpc) is 2.86. The maximum atomic E-state index is 12.7. The van der Waals surface area contributed by atoms with E-state index in [1.165, 1.54) is 32.3 Å². The number of carbonyl (C=O) groups excluding carboxylic acids is 2. The molecule has 0 spiro atoms. The molecule has 2 rings (SSSR count). The first kappa shape index (κ1) is 18.7. The van der Waals surface area contributed by atoms with Crippen LogP contribution in [0.5, 0.6) is 0 Å². The number of carbonyl (C=O) groups is 2. The molecule has 0 unspecified atom stereocenters. The topological polar surface area (TPSA) is 118 Å². The lowest BCUT2D eigenvalue weighted by molar-refractivity contribution is -0.115. The molecule has 0 radical (unpaired) electrons. The highest BCUT2D eigenvalue weighted by molar-refractivity contribution is 7.90. The summed E-state index contributed by atoms with van der Waals surface area (Å²) in [6.07, 6.45) is 2.46. The van der Waals surface area contributed by atoms with E-state index >= 15 is 0 Å². The van der Waals surface area contributed by atoms with Gasteiger partial charge in [0.15, 0.2) is 9.84 Å². The molecule has 1 heterocycles. The summed E-state index contributed by atoms with van der Waals surface area (Å²) in [5, 5.41) is 5.16. The van der Waals surface area contributed by atoms with Crippen LogP contribution in [0.1, 0.15) is 34.8 Å². The molecule has 0 saturated carbocycles. The number of benzene rings is 1. The highest BCUT2D eigenvalue weighted by atomic mass is 32.2. The highest BCUT2D eigenvalue weighted by Crippen LogP contribution is 2.29. The van der Waals surface area contributed by atoms with E-state index in [0.717, 1.165) is 10.9 Å². The predicted molar refractivity (Wildman–Crippen MR) is 92.7 cm³/mol. The maximum Gasteiger partial charge on any atom is 0.277 e. The zero-order valence-electron chi connectivity index (χ0n) is 14.3. The van der Waals surface area contributed by atoms with Crippen LogP contribution >= 0.6 is 0 Å². The normalized spacial score (nSPS) is 11.4. The summed E-state index contributed by atoms with van der Waals surface area (Å²) in [4.78, 5) is 36.3. The number of amides is 1. The number of aryl methyl sites for hydroxylation is 1. The molecule has 1 aromatic carbocycles. The minimum absolute atomic E-state index is 0.0626. The fourth-order valence-corrected chi connectivity index (χ4v) is 3.29. The molecular formula is C16H19N3O5S. The Balaban J connectivity index is 2.67. The number of anilines is 1. The van der Waals surface area contributed by atoms with Gasteiger partial charge in [0.25, 0.3) is 5.56 Å². The van der Waals surface area contributed by atoms with Gasteiger partial charge in [-0.25, -0.2) is 8.42 Å². The number of rotatable bonds is 5. The first-order valence-corrected chi connectivity index (χ1v) is 9.39. The maximum absolute atomic E-state index is 12.7. The van der Waals surface area contributed by atoms with Crippen LogP contribution in [0, 0.1) is 6.92 Å². The van der Waals surface area contributed by atoms with Crippen LogP contribution < -0.4 is 10.9 Å². The summed E-state index contributed by atoms with van der Waals surface area (Å²) in [6.45, 7) is 3.16. The summed E-state index contributed by atoms with van der Waals surface area (Å²) in [5.74, 6) is -0.929. The summed E-state index contributed by atoms with van der Waals surface area (Å²) >= 11 is 0. The number of nitrogens with one attached hydrogen (secondary N) is 2. The smallest absolute Gasteiger partial charge is 0.277 e. The first-order valence-electron chi connectivity index (χ1n) is 7.50. The molecule has 0 bridgehead atoms. The number of hydrogen-bond donors (Lipinski definition) is 2. The number of aromatic amines is 1. The monoisotopic (exact) mass is 365 g/mol. The fraction of sp³-hybridized carbons (Fsp3) is 0.312. The van der Waals surface area contributed by atoms with Crippen molar-refractivity contribution in [3.05, 3.63) is 45.4 Å². The Morgan fingerprint density at radius 1 is 1.24 bits per heavy atom. The Kier molecular flexibility index (Phi) is 4.98. The molecule has 0 aliphatic heterocycles. The van der Waals surface area contributed by atoms with E-state index in [1.54, 1.807) is 6.92 Å². The molecule has 134 valence electrons. The summed E-state index contributed by atoms with van der Waals surface area (Å²) in [6, 6.07) is 2.61. The van der Waals surface area contributed by atoms with E-state index in [-0.39, 0.29) is 39.6 Å². The SMILES string of the molecule is CCC(=O)Nc1c(S(C)(=O)=O)ccc(C(=O)c2c[nH]n(C)c2=O)c1C. The molecule has 0 fully saturated rings. The fourth-order valence-electron chi connectivity index (χ4n) is 2.40. The lowest BCUT2D eigenvalue weighted by Gasteiger charge is -2.15. The Labute approximate surface area is 144 Å². The minimum Gasteiger partial charge on any atom is -0.325 e. The molecule has 0 atom stereocenters. The van der Waals surface area contributed by atoms with Crippen molar-refractivity contribution in [1.82, 2.24) is 9.78 Å². The van der Waals surface area contributed by atoms with Crippen molar-refractivity contribution in [3.63, 3.8) is 0 Å². The molecule has 25 heavy (non-hydrogen) atoms. The Morgan fingerprint density at radius 3 is 2.36 bits per heavy atom. The van der Waals surface area contributed by atoms with Gasteiger partial charge in [-0.15, -0.1) is 0 Å². The largest absolute Gasteiger partial charge is 0.325 e. The molecule has 0 aliphatic carbocycles. The van der Waals surface area contributed by atoms with Crippen molar-refractivity contribution < 1.29 is 18.0 Å². The highest BCUT2D eigenvalue weighted by Gasteiger charge is 2.24. The average molecular weight is 365 g/mol. The van der Waals surface area contributed by atoms with E-state index in [2.05, 4.69) is 10.4 Å². The van der Waals surface area contributed by atoms with Crippen molar-refractivity contribution in [2.75, 3.05) is 11.6 Å². The van der Waals surface area contributed by atoms with E-state index in [0.29, 0.717) is 0 Å². The second-order valence-electron chi connectivity index (χ2n) is 5.67. The van der Waals surface area contributed by atoms with Gasteiger partial charge in [-0.1, -0.05) is 6.92 Å². The Hall–Kier alpha value is -2.68. The van der Waals surface area contributed by atoms with Crippen molar-refractivity contribution in [2.45, 2.75) is 25.2 Å². The van der Waals surface area contributed by atoms with Crippen molar-refractivity contribution in [3.8, 4) is 0 Å². The van der Waals surface area contributed by atoms with Gasteiger partial charge in [0.2, 0.25) is 11.7 Å². The molecule has 9 heteroatoms. The van der Waals surface area contributed by atoms with Crippen LogP contribution in [-0.2, 0) is 21.7 Å². The van der Waals surface area contributed by atoms with Gasteiger partial charge in [0.05, 0.1) is 10.6 Å². The number of nitrogens with zero attached hydrogens (tertiary/aromatic N) is 1. The first-order chi connectivity index (χ1) is 11.6. The molecule has 2 N–H and O–H groups in total. The van der Waals surface area contributed by atoms with E-state index < -0.39 is 21.2 Å². The number of aromatic nitrogens is 2. The van der Waals surface area contributed by atoms with Crippen LogP contribution in [0.25, 0.3) is 0 Å². The lowest BCUT2D eigenvalue weighted by Crippen LogP contribution is -2.21. The molecular weight excluding hydrogens is 346 g/mol. The molecule has 8 nitrogen and oxygen atoms in total. The van der Waals surface area contributed by atoms with Crippen molar-refractivity contribution >= 4 is 27.2 Å². The molecule has 1 aromatic heterocycles. The molecule has 0 saturated heterocycles. The zero-order valence-corrected chi connectivity index (χ0v) is 15.2. The van der Waals surface area contributed by atoms with Gasteiger partial charge in [-0.3, -0.25) is 19.1 Å². The van der Waals surface area contributed by atoms with Gasteiger partial charge in [0.1, 0.15) is 5.56 Å². The zero-order chi connectivity index (χ0) is 18.9. The third-order valence-electron chi connectivity index (χ3n) is 3.84. The molecule has 0 aliphatic rings. The van der Waals surface area contributed by atoms with Gasteiger partial charge in [0, 0.05) is 31.5 Å². The van der Waals surface area contributed by atoms with Crippen LogP contribution in [0.15, 0.2) is 28.0 Å². The predicted octanol–water partition coefficient (Wildman–Crippen LogP) is 1.00. The van der Waals surface area contributed by atoms with E-state index in [9.17, 15) is 22.8 Å². The molecule has 1 amide bonds. The summed E-state index contributed by atoms with van der Waals surface area (Å²) in [5.41, 5.74) is -0.0535. The van der Waals surface area contributed by atoms with Crippen LogP contribution in [0.2, 0.25) is 0 Å². The van der Waals surface area contributed by atoms with Gasteiger partial charge >= 0.3 is 0 Å². The van der Waals surface area contributed by atoms with Crippen LogP contribution in [-0.4, -0.2) is 36.1 Å². The summed E-state index contributed by atoms with van der Waals surface area (Å²) < 4.78 is 25.1. The van der Waals surface area contributed by atoms with Crippen molar-refractivity contribution in [2.24, 2.45) is 7.05 Å². The van der Waals surface area contributed by atoms with Crippen molar-refractivity contribution in [1.29, 1.82) is 0 Å². The number of H-pyrrole nitrogens is 1. The van der Waals surface area contributed by atoms with Gasteiger partial charge in [-0.2, -0.15) is 0 Å². The van der Waals surface area contributed by atoms with E-state index in [1.807, 2.05) is 0 Å². The molecule has 2 aromatic rings. The van der Waals surface area contributed by atoms with Gasteiger partial charge in [-0.05, 0) is 24.6 Å². The van der Waals surface area contributed by atoms with Gasteiger partial charge < -0.3 is 10.4 Å². The minimum atomic E-state index is -3.62. The number of sulfone groups is 1. The quantitative estimate of drug-likeness (QED) is 0.767. The second-order valence-corrected chi connectivity index (χ2v) is 7.65. The third-order valence-corrected chi connectivity index (χ3v) is 4.98. The number of ketones is 1. The third kappa shape index (κ3) is 3.55. The second kappa shape index (κ2) is 6.67. The Morgan fingerprint density at radius 2 is 1.88 bits per heavy atom. The summed E-state index contributed by atoms with van der Waals surface area (Å²) in [7, 11) is -2.14. The Bertz CT molecular complexity index is 1010. The van der Waals surface area contributed by atoms with Crippen LogP contribution in [0.4, 0.5) is 5.69 Å². The lowest BCUT2D eigenvalue weighted by atomic mass is 9.99. The standard InChI is InChI=1S/C16H19N3O5S/c1-5-13(20)18-14-9(2)10(6-7-12(14)25(4,23)24)15(21)11-8-17-19(3)16(11)22/h6-8,17H,5H2,1-4H3,(H,18,20). The number of hydrogen-bond acceptors (Lipinski definition) is 5.